The Kier molecular flexibility index (Phi) is 10.8. The molecule has 240 valence electrons. The van der Waals surface area contributed by atoms with Gasteiger partial charge < -0.3 is 25.0 Å². The predicted octanol–water partition coefficient (Wildman–Crippen LogP) is 5.15. The molecule has 1 aliphatic rings. The molecule has 1 heterocycles. The second-order valence-corrected chi connectivity index (χ2v) is 11.5. The largest absolute Gasteiger partial charge is 0.448 e. The van der Waals surface area contributed by atoms with Gasteiger partial charge in [-0.25, -0.2) is 14.0 Å². The summed E-state index contributed by atoms with van der Waals surface area (Å²) in [6, 6.07) is 8.25. The molecular formula is C30H36F4N4O6. The zero-order valence-corrected chi connectivity index (χ0v) is 24.9. The molecule has 0 atom stereocenters. The van der Waals surface area contributed by atoms with Gasteiger partial charge in [-0.3, -0.25) is 14.9 Å². The Balaban J connectivity index is 1.66. The van der Waals surface area contributed by atoms with Crippen molar-refractivity contribution in [3.05, 3.63) is 65.0 Å². The average molecular weight is 625 g/mol. The topological polar surface area (TPSA) is 126 Å². The minimum Gasteiger partial charge on any atom is -0.448 e. The van der Waals surface area contributed by atoms with Crippen LogP contribution in [-0.4, -0.2) is 60.7 Å². The van der Waals surface area contributed by atoms with Crippen LogP contribution >= 0.6 is 0 Å². The summed E-state index contributed by atoms with van der Waals surface area (Å²) in [6.07, 6.45) is -6.10. The summed E-state index contributed by atoms with van der Waals surface area (Å²) < 4.78 is 63.0. The highest BCUT2D eigenvalue weighted by atomic mass is 19.4. The van der Waals surface area contributed by atoms with Crippen molar-refractivity contribution in [2.75, 3.05) is 31.6 Å². The van der Waals surface area contributed by atoms with Crippen molar-refractivity contribution >= 4 is 29.7 Å². The number of benzene rings is 2. The summed E-state index contributed by atoms with van der Waals surface area (Å²) in [5.41, 5.74) is -1.92. The number of rotatable bonds is 8. The molecule has 44 heavy (non-hydrogen) atoms. The highest BCUT2D eigenvalue weighted by Crippen LogP contribution is 2.33. The van der Waals surface area contributed by atoms with Crippen LogP contribution < -0.4 is 16.0 Å². The van der Waals surface area contributed by atoms with E-state index in [2.05, 4.69) is 16.0 Å². The number of nitrogens with zero attached hydrogens (tertiary/aromatic N) is 1. The third-order valence-corrected chi connectivity index (χ3v) is 7.10. The van der Waals surface area contributed by atoms with Gasteiger partial charge in [0.05, 0.1) is 11.0 Å². The maximum Gasteiger partial charge on any atom is 0.416 e. The number of alkyl halides is 3. The minimum atomic E-state index is -4.54. The SMILES string of the molecule is Cc1c(F)cccc1CNC(=O)C1(COC(=O)Nc2ccc(C(F)(F)F)cc2)CCN(C(=O)CNC(=O)OC(C)(C)C)CC1. The lowest BCUT2D eigenvalue weighted by Crippen LogP contribution is -2.54. The molecule has 14 heteroatoms. The molecule has 0 unspecified atom stereocenters. The normalized spacial score (nSPS) is 14.8. The highest BCUT2D eigenvalue weighted by Gasteiger charge is 2.43. The number of piperidine rings is 1. The monoisotopic (exact) mass is 624 g/mol. The van der Waals surface area contributed by atoms with Crippen molar-refractivity contribution in [1.29, 1.82) is 0 Å². The molecular weight excluding hydrogens is 588 g/mol. The molecule has 3 N–H and O–H groups in total. The van der Waals surface area contributed by atoms with Gasteiger partial charge in [-0.15, -0.1) is 0 Å². The van der Waals surface area contributed by atoms with Gasteiger partial charge in [0.15, 0.2) is 0 Å². The third kappa shape index (κ3) is 9.58. The van der Waals surface area contributed by atoms with Gasteiger partial charge in [-0.1, -0.05) is 12.1 Å². The highest BCUT2D eigenvalue weighted by molar-refractivity contribution is 5.87. The van der Waals surface area contributed by atoms with Gasteiger partial charge in [-0.05, 0) is 82.0 Å². The Morgan fingerprint density at radius 2 is 1.57 bits per heavy atom. The van der Waals surface area contributed by atoms with Crippen LogP contribution in [0.2, 0.25) is 0 Å². The fourth-order valence-electron chi connectivity index (χ4n) is 4.50. The summed E-state index contributed by atoms with van der Waals surface area (Å²) in [4.78, 5) is 52.2. The predicted molar refractivity (Wildman–Crippen MR) is 152 cm³/mol. The molecule has 3 rings (SSSR count). The van der Waals surface area contributed by atoms with E-state index < -0.39 is 59.2 Å². The molecule has 0 saturated carbocycles. The van der Waals surface area contributed by atoms with E-state index in [-0.39, 0.29) is 44.7 Å². The maximum atomic E-state index is 14.0. The number of likely N-dealkylation sites (tertiary alicyclic amines) is 1. The fraction of sp³-hybridized carbons (Fsp3) is 0.467. The van der Waals surface area contributed by atoms with E-state index in [1.165, 1.54) is 17.0 Å². The second kappa shape index (κ2) is 14.0. The summed E-state index contributed by atoms with van der Waals surface area (Å²) in [6.45, 7) is 6.13. The van der Waals surface area contributed by atoms with Crippen molar-refractivity contribution in [1.82, 2.24) is 15.5 Å². The van der Waals surface area contributed by atoms with Gasteiger partial charge in [0, 0.05) is 25.3 Å². The van der Waals surface area contributed by atoms with Crippen molar-refractivity contribution < 1.29 is 46.2 Å². The molecule has 1 fully saturated rings. The van der Waals surface area contributed by atoms with Crippen LogP contribution in [-0.2, 0) is 31.8 Å². The standard InChI is InChI=1S/C30H36F4N4O6/c1-19-20(6-5-7-23(19)31)16-35-25(40)29(18-43-27(42)37-22-10-8-21(9-11-22)30(32,33)34)12-14-38(15-13-29)24(39)17-36-26(41)44-28(2,3)4/h5-11H,12-18H2,1-4H3,(H,35,40)(H,36,41)(H,37,42). The number of ether oxygens (including phenoxy) is 2. The van der Waals surface area contributed by atoms with Gasteiger partial charge in [0.1, 0.15) is 24.6 Å². The van der Waals surface area contributed by atoms with Crippen LogP contribution in [0.1, 0.15) is 50.3 Å². The zero-order chi connectivity index (χ0) is 32.7. The second-order valence-electron chi connectivity index (χ2n) is 11.5. The Bertz CT molecular complexity index is 1350. The Morgan fingerprint density at radius 3 is 2.16 bits per heavy atom. The molecule has 10 nitrogen and oxygen atoms in total. The van der Waals surface area contributed by atoms with Gasteiger partial charge in [0.25, 0.3) is 0 Å². The first-order chi connectivity index (χ1) is 20.5. The van der Waals surface area contributed by atoms with E-state index in [9.17, 15) is 36.7 Å². The number of nitrogens with one attached hydrogen (secondary N) is 3. The lowest BCUT2D eigenvalue weighted by molar-refractivity contribution is -0.142. The quantitative estimate of drug-likeness (QED) is 0.349. The lowest BCUT2D eigenvalue weighted by atomic mass is 9.78. The van der Waals surface area contributed by atoms with Gasteiger partial charge in [-0.2, -0.15) is 13.2 Å². The van der Waals surface area contributed by atoms with Gasteiger partial charge >= 0.3 is 18.4 Å². The van der Waals surface area contributed by atoms with Crippen LogP contribution in [0.15, 0.2) is 42.5 Å². The number of alkyl carbamates (subject to hydrolysis) is 1. The van der Waals surface area contributed by atoms with Crippen LogP contribution in [0.3, 0.4) is 0 Å². The molecule has 0 bridgehead atoms. The molecule has 1 aliphatic heterocycles. The average Bonchev–Trinajstić information content (AvgIpc) is 2.94. The molecule has 0 radical (unpaired) electrons. The number of halogens is 4. The Hall–Kier alpha value is -4.36. The van der Waals surface area contributed by atoms with Crippen LogP contribution in [0.25, 0.3) is 0 Å². The number of amides is 4. The first kappa shape index (κ1) is 34.1. The number of hydrogen-bond donors (Lipinski definition) is 3. The van der Waals surface area contributed by atoms with E-state index in [1.54, 1.807) is 33.8 Å². The summed E-state index contributed by atoms with van der Waals surface area (Å²) in [5.74, 6) is -1.31. The Morgan fingerprint density at radius 1 is 0.932 bits per heavy atom. The maximum absolute atomic E-state index is 14.0. The zero-order valence-electron chi connectivity index (χ0n) is 24.9. The van der Waals surface area contributed by atoms with Crippen molar-refractivity contribution in [2.24, 2.45) is 5.41 Å². The van der Waals surface area contributed by atoms with E-state index in [4.69, 9.17) is 9.47 Å². The van der Waals surface area contributed by atoms with E-state index in [0.29, 0.717) is 11.1 Å². The van der Waals surface area contributed by atoms with Crippen LogP contribution in [0, 0.1) is 18.2 Å². The van der Waals surface area contributed by atoms with Crippen molar-refractivity contribution in [3.8, 4) is 0 Å². The summed E-state index contributed by atoms with van der Waals surface area (Å²) in [7, 11) is 0. The van der Waals surface area contributed by atoms with E-state index >= 15 is 0 Å². The molecule has 1 saturated heterocycles. The molecule has 0 aliphatic carbocycles. The molecule has 2 aromatic carbocycles. The first-order valence-electron chi connectivity index (χ1n) is 13.9. The van der Waals surface area contributed by atoms with E-state index in [1.807, 2.05) is 0 Å². The van der Waals surface area contributed by atoms with Crippen molar-refractivity contribution in [2.45, 2.75) is 58.9 Å². The number of carbonyl (C=O) groups is 4. The number of anilines is 1. The lowest BCUT2D eigenvalue weighted by Gasteiger charge is -2.40. The van der Waals surface area contributed by atoms with Crippen LogP contribution in [0.5, 0.6) is 0 Å². The minimum absolute atomic E-state index is 0.00435. The molecule has 4 amide bonds. The summed E-state index contributed by atoms with van der Waals surface area (Å²) >= 11 is 0. The van der Waals surface area contributed by atoms with Gasteiger partial charge in [0.2, 0.25) is 11.8 Å². The first-order valence-corrected chi connectivity index (χ1v) is 13.9. The smallest absolute Gasteiger partial charge is 0.416 e. The van der Waals surface area contributed by atoms with Crippen LogP contribution in [0.4, 0.5) is 32.8 Å². The third-order valence-electron chi connectivity index (χ3n) is 7.10. The summed E-state index contributed by atoms with van der Waals surface area (Å²) in [5, 5.41) is 7.52. The molecule has 0 aromatic heterocycles. The number of carbonyl (C=O) groups excluding carboxylic acids is 4. The number of hydrogen-bond acceptors (Lipinski definition) is 6. The Labute approximate surface area is 252 Å². The fourth-order valence-corrected chi connectivity index (χ4v) is 4.50. The molecule has 0 spiro atoms. The molecule has 2 aromatic rings. The van der Waals surface area contributed by atoms with E-state index in [0.717, 1.165) is 24.3 Å². The van der Waals surface area contributed by atoms with Crippen molar-refractivity contribution in [3.63, 3.8) is 0 Å².